The number of benzene rings is 1. The Morgan fingerprint density at radius 3 is 2.50 bits per heavy atom. The molecule has 3 heterocycles. The molecule has 0 radical (unpaired) electrons. The molecule has 0 N–H and O–H groups in total. The van der Waals surface area contributed by atoms with Crippen LogP contribution in [0.3, 0.4) is 0 Å². The van der Waals surface area contributed by atoms with E-state index in [1.807, 2.05) is 6.20 Å². The van der Waals surface area contributed by atoms with Crippen LogP contribution in [0.5, 0.6) is 11.6 Å². The summed E-state index contributed by atoms with van der Waals surface area (Å²) in [6.45, 7) is 2.44. The normalized spacial score (nSPS) is 25.1. The lowest BCUT2D eigenvalue weighted by molar-refractivity contribution is 0.151. The molecule has 9 heteroatoms. The largest absolute Gasteiger partial charge is 0.497 e. The Balaban J connectivity index is 1.22. The first kappa shape index (κ1) is 19.7. The van der Waals surface area contributed by atoms with Gasteiger partial charge >= 0.3 is 0 Å². The quantitative estimate of drug-likeness (QED) is 0.692. The first-order chi connectivity index (χ1) is 14.5. The molecule has 0 bridgehead atoms. The number of piperazine rings is 1. The Labute approximate surface area is 176 Å². The van der Waals surface area contributed by atoms with Crippen molar-refractivity contribution in [2.24, 2.45) is 0 Å². The first-order valence-electron chi connectivity index (χ1n) is 10.4. The van der Waals surface area contributed by atoms with E-state index in [1.54, 1.807) is 41.9 Å². The maximum atomic E-state index is 13.1. The molecule has 1 saturated carbocycles. The number of hydrogen-bond donors (Lipinski definition) is 0. The summed E-state index contributed by atoms with van der Waals surface area (Å²) < 4.78 is 38.9. The number of fused-ring (bicyclic) bond motifs is 1. The molecule has 3 aliphatic rings. The Morgan fingerprint density at radius 2 is 1.83 bits per heavy atom. The van der Waals surface area contributed by atoms with Crippen LogP contribution in [0.1, 0.15) is 30.9 Å². The highest BCUT2D eigenvalue weighted by atomic mass is 32.2. The van der Waals surface area contributed by atoms with E-state index < -0.39 is 10.0 Å². The van der Waals surface area contributed by atoms with Gasteiger partial charge < -0.3 is 9.47 Å². The van der Waals surface area contributed by atoms with E-state index >= 15 is 0 Å². The minimum atomic E-state index is -3.52. The van der Waals surface area contributed by atoms with Gasteiger partial charge in [0.15, 0.2) is 0 Å². The molecule has 3 fully saturated rings. The van der Waals surface area contributed by atoms with E-state index in [1.165, 1.54) is 12.8 Å². The lowest BCUT2D eigenvalue weighted by Crippen LogP contribution is -2.51. The number of aromatic nitrogens is 2. The predicted octanol–water partition coefficient (Wildman–Crippen LogP) is 1.89. The molecular formula is C21H26N4O4S. The molecule has 2 saturated heterocycles. The van der Waals surface area contributed by atoms with Crippen molar-refractivity contribution in [2.45, 2.75) is 42.2 Å². The van der Waals surface area contributed by atoms with Crippen LogP contribution in [-0.2, 0) is 10.0 Å². The molecule has 1 aromatic carbocycles. The molecule has 160 valence electrons. The molecule has 0 spiro atoms. The molecule has 0 amide bonds. The number of methoxy groups -OCH3 is 1. The topological polar surface area (TPSA) is 84.9 Å². The summed E-state index contributed by atoms with van der Waals surface area (Å²) in [6.07, 6.45) is 6.71. The van der Waals surface area contributed by atoms with Crippen LogP contribution in [0.2, 0.25) is 0 Å². The number of hydrogen-bond acceptors (Lipinski definition) is 7. The molecule has 0 unspecified atom stereocenters. The maximum Gasteiger partial charge on any atom is 0.243 e. The molecular weight excluding hydrogens is 404 g/mol. The van der Waals surface area contributed by atoms with Gasteiger partial charge in [0.2, 0.25) is 15.9 Å². The van der Waals surface area contributed by atoms with E-state index in [-0.39, 0.29) is 12.1 Å². The van der Waals surface area contributed by atoms with E-state index in [0.29, 0.717) is 42.1 Å². The average Bonchev–Trinajstić information content (AvgIpc) is 3.54. The van der Waals surface area contributed by atoms with Gasteiger partial charge in [-0.3, -0.25) is 9.88 Å². The maximum absolute atomic E-state index is 13.1. The molecule has 2 atom stereocenters. The molecule has 5 rings (SSSR count). The lowest BCUT2D eigenvalue weighted by atomic mass is 10.2. The summed E-state index contributed by atoms with van der Waals surface area (Å²) in [5.74, 6) is 1.76. The summed E-state index contributed by atoms with van der Waals surface area (Å²) >= 11 is 0. The third-order valence-corrected chi connectivity index (χ3v) is 8.05. The molecule has 2 aliphatic heterocycles. The lowest BCUT2D eigenvalue weighted by Gasteiger charge is -2.36. The zero-order valence-corrected chi connectivity index (χ0v) is 17.8. The van der Waals surface area contributed by atoms with Gasteiger partial charge in [-0.25, -0.2) is 13.4 Å². The summed E-state index contributed by atoms with van der Waals surface area (Å²) in [5, 5.41) is 0. The summed E-state index contributed by atoms with van der Waals surface area (Å²) in [5.41, 5.74) is 1.05. The highest BCUT2D eigenvalue weighted by Gasteiger charge is 2.41. The van der Waals surface area contributed by atoms with Crippen molar-refractivity contribution in [3.05, 3.63) is 42.4 Å². The van der Waals surface area contributed by atoms with Gasteiger partial charge in [-0.1, -0.05) is 0 Å². The number of nitrogens with zero attached hydrogens (tertiary/aromatic N) is 4. The third-order valence-electron chi connectivity index (χ3n) is 6.17. The second kappa shape index (κ2) is 7.79. The van der Waals surface area contributed by atoms with Crippen LogP contribution in [0.25, 0.3) is 0 Å². The molecule has 30 heavy (non-hydrogen) atoms. The van der Waals surface area contributed by atoms with E-state index in [2.05, 4.69) is 14.9 Å². The zero-order valence-electron chi connectivity index (χ0n) is 17.0. The minimum absolute atomic E-state index is 0.000263. The second-order valence-electron chi connectivity index (χ2n) is 8.22. The molecule has 2 aromatic rings. The summed E-state index contributed by atoms with van der Waals surface area (Å²) in [4.78, 5) is 11.5. The summed E-state index contributed by atoms with van der Waals surface area (Å²) in [6, 6.07) is 6.71. The van der Waals surface area contributed by atoms with Crippen molar-refractivity contribution in [2.75, 3.05) is 33.3 Å². The average molecular weight is 431 g/mol. The van der Waals surface area contributed by atoms with Crippen LogP contribution in [0, 0.1) is 0 Å². The van der Waals surface area contributed by atoms with Crippen molar-refractivity contribution in [1.29, 1.82) is 0 Å². The second-order valence-corrected chi connectivity index (χ2v) is 10.2. The Kier molecular flexibility index (Phi) is 5.12. The fourth-order valence-electron chi connectivity index (χ4n) is 4.32. The number of rotatable bonds is 6. The highest BCUT2D eigenvalue weighted by Crippen LogP contribution is 2.38. The Morgan fingerprint density at radius 1 is 1.03 bits per heavy atom. The highest BCUT2D eigenvalue weighted by molar-refractivity contribution is 7.89. The molecule has 1 aromatic heterocycles. The van der Waals surface area contributed by atoms with Gasteiger partial charge in [-0.05, 0) is 37.1 Å². The van der Waals surface area contributed by atoms with Crippen molar-refractivity contribution >= 4 is 10.0 Å². The minimum Gasteiger partial charge on any atom is -0.497 e. The summed E-state index contributed by atoms with van der Waals surface area (Å²) in [7, 11) is -1.96. The van der Waals surface area contributed by atoms with Crippen LogP contribution < -0.4 is 9.47 Å². The predicted molar refractivity (Wildman–Crippen MR) is 110 cm³/mol. The van der Waals surface area contributed by atoms with Crippen molar-refractivity contribution in [1.82, 2.24) is 19.2 Å². The molecule has 1 aliphatic carbocycles. The van der Waals surface area contributed by atoms with Gasteiger partial charge in [0.1, 0.15) is 11.9 Å². The number of ether oxygens (including phenoxy) is 2. The zero-order chi connectivity index (χ0) is 20.7. The van der Waals surface area contributed by atoms with E-state index in [4.69, 9.17) is 9.47 Å². The SMILES string of the molecule is COc1ccc(S(=O)(=O)N2CCN3C[C@@H](Oc4cnc(C5CC5)cn4)C[C@H]3C2)cc1. The smallest absolute Gasteiger partial charge is 0.243 e. The monoisotopic (exact) mass is 430 g/mol. The van der Waals surface area contributed by atoms with Crippen molar-refractivity contribution in [3.8, 4) is 11.6 Å². The van der Waals surface area contributed by atoms with E-state index in [0.717, 1.165) is 18.7 Å². The van der Waals surface area contributed by atoms with Crippen LogP contribution in [0.4, 0.5) is 0 Å². The standard InChI is InChI=1S/C21H26N4O4S/c1-28-17-4-6-19(7-5-17)30(26,27)25-9-8-24-14-18(10-16(24)13-25)29-21-12-22-20(11-23-21)15-2-3-15/h4-7,11-12,15-16,18H,2-3,8-10,13-14H2,1H3/t16-,18-/m0/s1. The molecule has 8 nitrogen and oxygen atoms in total. The fraction of sp³-hybridized carbons (Fsp3) is 0.524. The van der Waals surface area contributed by atoms with Crippen molar-refractivity contribution in [3.63, 3.8) is 0 Å². The van der Waals surface area contributed by atoms with Crippen molar-refractivity contribution < 1.29 is 17.9 Å². The fourth-order valence-corrected chi connectivity index (χ4v) is 5.78. The third kappa shape index (κ3) is 3.89. The van der Waals surface area contributed by atoms with Gasteiger partial charge in [-0.15, -0.1) is 0 Å². The van der Waals surface area contributed by atoms with Gasteiger partial charge in [0, 0.05) is 44.6 Å². The van der Waals surface area contributed by atoms with E-state index in [9.17, 15) is 8.42 Å². The number of sulfonamides is 1. The van der Waals surface area contributed by atoms with Gasteiger partial charge in [0.05, 0.1) is 30.1 Å². The first-order valence-corrected chi connectivity index (χ1v) is 11.8. The van der Waals surface area contributed by atoms with Gasteiger partial charge in [-0.2, -0.15) is 4.31 Å². The Hall–Kier alpha value is -2.23. The van der Waals surface area contributed by atoms with Crippen LogP contribution in [0.15, 0.2) is 41.6 Å². The van der Waals surface area contributed by atoms with Crippen LogP contribution >= 0.6 is 0 Å². The van der Waals surface area contributed by atoms with Crippen LogP contribution in [-0.4, -0.2) is 73.0 Å². The Bertz CT molecular complexity index is 993. The van der Waals surface area contributed by atoms with Gasteiger partial charge in [0.25, 0.3) is 0 Å².